The van der Waals surface area contributed by atoms with E-state index in [1.807, 2.05) is 4.57 Å². The van der Waals surface area contributed by atoms with E-state index in [-0.39, 0.29) is 41.8 Å². The first-order valence-electron chi connectivity index (χ1n) is 12.8. The van der Waals surface area contributed by atoms with Crippen molar-refractivity contribution in [1.29, 1.82) is 0 Å². The number of hydrogen-bond donors (Lipinski definition) is 0. The van der Waals surface area contributed by atoms with E-state index in [9.17, 15) is 4.79 Å². The maximum absolute atomic E-state index is 15.5. The van der Waals surface area contributed by atoms with Crippen molar-refractivity contribution >= 4 is 44.3 Å². The lowest BCUT2D eigenvalue weighted by Gasteiger charge is -2.27. The third-order valence-corrected chi connectivity index (χ3v) is 8.25. The quantitative estimate of drug-likeness (QED) is 0.174. The van der Waals surface area contributed by atoms with Crippen LogP contribution in [0.5, 0.6) is 5.88 Å². The van der Waals surface area contributed by atoms with Crippen molar-refractivity contribution in [2.24, 2.45) is 0 Å². The molecule has 8 nitrogen and oxygen atoms in total. The van der Waals surface area contributed by atoms with Gasteiger partial charge in [-0.25, -0.2) is 28.5 Å². The van der Waals surface area contributed by atoms with Crippen molar-refractivity contribution in [3.63, 3.8) is 0 Å². The SMILES string of the molecule is COC(=O)c1ccc2nc(Cc3cc(F)c(-c4cccc(OCc5cnc(Br)s5)n4)cc3F)n(C[C@@H]3CCO3)c2c1. The fraction of sp³-hybridized carbons (Fsp3) is 0.241. The summed E-state index contributed by atoms with van der Waals surface area (Å²) >= 11 is 4.75. The highest BCUT2D eigenvalue weighted by Crippen LogP contribution is 2.29. The van der Waals surface area contributed by atoms with Crippen LogP contribution in [0.4, 0.5) is 8.78 Å². The molecule has 0 bridgehead atoms. The Morgan fingerprint density at radius 1 is 1.17 bits per heavy atom. The number of pyridine rings is 1. The van der Waals surface area contributed by atoms with Gasteiger partial charge in [0.1, 0.15) is 24.1 Å². The van der Waals surface area contributed by atoms with Crippen molar-refractivity contribution in [2.45, 2.75) is 32.1 Å². The molecule has 1 saturated heterocycles. The Morgan fingerprint density at radius 3 is 2.76 bits per heavy atom. The van der Waals surface area contributed by atoms with E-state index in [0.29, 0.717) is 35.6 Å². The van der Waals surface area contributed by atoms with Crippen LogP contribution < -0.4 is 4.74 Å². The molecule has 210 valence electrons. The smallest absolute Gasteiger partial charge is 0.337 e. The van der Waals surface area contributed by atoms with Gasteiger partial charge in [0, 0.05) is 30.9 Å². The van der Waals surface area contributed by atoms with Crippen LogP contribution in [0, 0.1) is 11.6 Å². The minimum absolute atomic E-state index is 0.0185. The third-order valence-electron chi connectivity index (χ3n) is 6.80. The Morgan fingerprint density at radius 2 is 2.02 bits per heavy atom. The molecule has 2 aromatic carbocycles. The number of esters is 1. The predicted molar refractivity (Wildman–Crippen MR) is 152 cm³/mol. The maximum Gasteiger partial charge on any atom is 0.337 e. The zero-order valence-corrected chi connectivity index (χ0v) is 24.2. The number of hydrogen-bond acceptors (Lipinski definition) is 8. The summed E-state index contributed by atoms with van der Waals surface area (Å²) in [5.41, 5.74) is 2.13. The number of imidazole rings is 1. The first-order valence-corrected chi connectivity index (χ1v) is 14.4. The Hall–Kier alpha value is -3.74. The van der Waals surface area contributed by atoms with Crippen LogP contribution in [0.3, 0.4) is 0 Å². The summed E-state index contributed by atoms with van der Waals surface area (Å²) in [7, 11) is 1.32. The molecule has 1 aliphatic heterocycles. The van der Waals surface area contributed by atoms with Crippen LogP contribution >= 0.6 is 27.3 Å². The number of rotatable bonds is 9. The Labute approximate surface area is 246 Å². The molecule has 0 aliphatic carbocycles. The number of thiazole rings is 1. The number of halogens is 3. The first kappa shape index (κ1) is 27.4. The van der Waals surface area contributed by atoms with Crippen molar-refractivity contribution in [3.05, 3.63) is 92.1 Å². The van der Waals surface area contributed by atoms with Crippen LogP contribution in [0.15, 0.2) is 58.6 Å². The van der Waals surface area contributed by atoms with Gasteiger partial charge in [-0.15, -0.1) is 11.3 Å². The van der Waals surface area contributed by atoms with Gasteiger partial charge in [0.25, 0.3) is 0 Å². The Balaban J connectivity index is 1.28. The van der Waals surface area contributed by atoms with Crippen molar-refractivity contribution in [3.8, 4) is 17.1 Å². The molecule has 1 aliphatic rings. The van der Waals surface area contributed by atoms with Gasteiger partial charge >= 0.3 is 5.97 Å². The van der Waals surface area contributed by atoms with Gasteiger partial charge in [-0.3, -0.25) is 0 Å². The summed E-state index contributed by atoms with van der Waals surface area (Å²) in [5, 5.41) is 0. The summed E-state index contributed by atoms with van der Waals surface area (Å²) in [6, 6.07) is 12.3. The van der Waals surface area contributed by atoms with Gasteiger partial charge in [0.15, 0.2) is 3.92 Å². The van der Waals surface area contributed by atoms with E-state index in [4.69, 9.17) is 14.2 Å². The van der Waals surface area contributed by atoms with Crippen molar-refractivity contribution in [1.82, 2.24) is 19.5 Å². The molecule has 41 heavy (non-hydrogen) atoms. The number of aromatic nitrogens is 4. The second-order valence-electron chi connectivity index (χ2n) is 9.44. The maximum atomic E-state index is 15.5. The Kier molecular flexibility index (Phi) is 7.78. The van der Waals surface area contributed by atoms with E-state index >= 15 is 8.78 Å². The highest BCUT2D eigenvalue weighted by atomic mass is 79.9. The van der Waals surface area contributed by atoms with Crippen LogP contribution in [0.25, 0.3) is 22.3 Å². The minimum atomic E-state index is -0.615. The molecule has 0 N–H and O–H groups in total. The van der Waals surface area contributed by atoms with E-state index < -0.39 is 17.6 Å². The van der Waals surface area contributed by atoms with Crippen LogP contribution in [-0.2, 0) is 29.0 Å². The lowest BCUT2D eigenvalue weighted by Crippen LogP contribution is -2.31. The number of benzene rings is 2. The predicted octanol–water partition coefficient (Wildman–Crippen LogP) is 6.34. The zero-order chi connectivity index (χ0) is 28.5. The average Bonchev–Trinajstić information content (AvgIpc) is 3.52. The molecule has 1 atom stereocenters. The number of ether oxygens (including phenoxy) is 3. The molecule has 0 amide bonds. The second-order valence-corrected chi connectivity index (χ2v) is 11.8. The molecule has 12 heteroatoms. The lowest BCUT2D eigenvalue weighted by molar-refractivity contribution is -0.0589. The highest BCUT2D eigenvalue weighted by Gasteiger charge is 2.24. The third kappa shape index (κ3) is 5.85. The number of nitrogens with zero attached hydrogens (tertiary/aromatic N) is 4. The van der Waals surface area contributed by atoms with Gasteiger partial charge in [-0.2, -0.15) is 0 Å². The van der Waals surface area contributed by atoms with Gasteiger partial charge in [-0.05, 0) is 64.3 Å². The van der Waals surface area contributed by atoms with Crippen LogP contribution in [-0.4, -0.2) is 45.3 Å². The first-order chi connectivity index (χ1) is 19.9. The van der Waals surface area contributed by atoms with Crippen molar-refractivity contribution in [2.75, 3.05) is 13.7 Å². The molecule has 5 aromatic rings. The fourth-order valence-electron chi connectivity index (χ4n) is 4.62. The summed E-state index contributed by atoms with van der Waals surface area (Å²) in [6.07, 6.45) is 2.59. The molecule has 4 heterocycles. The zero-order valence-electron chi connectivity index (χ0n) is 21.8. The van der Waals surface area contributed by atoms with Gasteiger partial charge in [-0.1, -0.05) is 6.07 Å². The van der Waals surface area contributed by atoms with Crippen molar-refractivity contribution < 1.29 is 27.8 Å². The normalized spacial score (nSPS) is 14.7. The topological polar surface area (TPSA) is 88.4 Å². The summed E-state index contributed by atoms with van der Waals surface area (Å²) in [5.74, 6) is -0.849. The molecule has 0 radical (unpaired) electrons. The summed E-state index contributed by atoms with van der Waals surface area (Å²) in [6.45, 7) is 1.40. The minimum Gasteiger partial charge on any atom is -0.472 e. The summed E-state index contributed by atoms with van der Waals surface area (Å²) in [4.78, 5) is 26.2. The number of methoxy groups -OCH3 is 1. The van der Waals surface area contributed by atoms with Gasteiger partial charge in [0.2, 0.25) is 5.88 Å². The average molecular weight is 641 g/mol. The van der Waals surface area contributed by atoms with Gasteiger partial charge < -0.3 is 18.8 Å². The fourth-order valence-corrected chi connectivity index (χ4v) is 5.89. The molecule has 6 rings (SSSR count). The van der Waals surface area contributed by atoms with E-state index in [1.165, 1.54) is 24.5 Å². The highest BCUT2D eigenvalue weighted by molar-refractivity contribution is 9.11. The van der Waals surface area contributed by atoms with Crippen LogP contribution in [0.2, 0.25) is 0 Å². The number of carbonyl (C=O) groups is 1. The standard InChI is InChI=1S/C29H23BrF2N4O4S/c1-38-28(37)16-5-6-24-25(10-16)36(14-18-7-8-39-18)26(34-24)11-17-9-22(32)20(12-21(17)31)23-3-2-4-27(35-23)40-15-19-13-33-29(30)41-19/h2-6,9-10,12-13,18H,7-8,11,14-15H2,1H3/t18-/m0/s1. The van der Waals surface area contributed by atoms with Gasteiger partial charge in [0.05, 0.1) is 46.9 Å². The second kappa shape index (κ2) is 11.6. The molecule has 3 aromatic heterocycles. The number of fused-ring (bicyclic) bond motifs is 1. The monoisotopic (exact) mass is 640 g/mol. The molecule has 0 unspecified atom stereocenters. The number of carbonyl (C=O) groups excluding carboxylic acids is 1. The molecule has 1 fully saturated rings. The van der Waals surface area contributed by atoms with E-state index in [2.05, 4.69) is 30.9 Å². The molecular weight excluding hydrogens is 618 g/mol. The Bertz CT molecular complexity index is 1750. The van der Waals surface area contributed by atoms with Crippen LogP contribution in [0.1, 0.15) is 33.0 Å². The molecule has 0 saturated carbocycles. The lowest BCUT2D eigenvalue weighted by atomic mass is 10.0. The summed E-state index contributed by atoms with van der Waals surface area (Å²) < 4.78 is 49.7. The van der Waals surface area contributed by atoms with E-state index in [1.54, 1.807) is 42.6 Å². The largest absolute Gasteiger partial charge is 0.472 e. The molecular formula is C29H23BrF2N4O4S. The molecule has 0 spiro atoms. The van der Waals surface area contributed by atoms with E-state index in [0.717, 1.165) is 21.3 Å².